The summed E-state index contributed by atoms with van der Waals surface area (Å²) < 4.78 is 11.0. The second-order valence-corrected chi connectivity index (χ2v) is 3.93. The van der Waals surface area contributed by atoms with Crippen molar-refractivity contribution in [3.63, 3.8) is 0 Å². The third-order valence-corrected chi connectivity index (χ3v) is 2.44. The van der Waals surface area contributed by atoms with Crippen LogP contribution >= 0.6 is 0 Å². The van der Waals surface area contributed by atoms with Gasteiger partial charge >= 0.3 is 0 Å². The van der Waals surface area contributed by atoms with Crippen molar-refractivity contribution in [3.05, 3.63) is 11.9 Å². The summed E-state index contributed by atoms with van der Waals surface area (Å²) in [5, 5.41) is 3.00. The molecule has 0 aromatic carbocycles. The number of hydrogen-bond donors (Lipinski definition) is 1. The van der Waals surface area contributed by atoms with Crippen LogP contribution in [0.25, 0.3) is 0 Å². The number of rotatable bonds is 9. The number of anilines is 1. The lowest BCUT2D eigenvalue weighted by Crippen LogP contribution is -2.09. The molecule has 0 aliphatic rings. The van der Waals surface area contributed by atoms with Gasteiger partial charge in [-0.2, -0.15) is 4.98 Å². The number of aromatic nitrogens is 2. The lowest BCUT2D eigenvalue weighted by molar-refractivity contribution is 0.0964. The zero-order chi connectivity index (χ0) is 13.2. The summed E-state index contributed by atoms with van der Waals surface area (Å²) in [7, 11) is 1.83. The van der Waals surface area contributed by atoms with E-state index in [4.69, 9.17) is 9.47 Å². The molecule has 1 heterocycles. The molecular weight excluding hydrogens is 230 g/mol. The van der Waals surface area contributed by atoms with Crippen LogP contribution in [0.1, 0.15) is 32.5 Å². The molecule has 18 heavy (non-hydrogen) atoms. The van der Waals surface area contributed by atoms with Gasteiger partial charge in [-0.15, -0.1) is 0 Å². The number of aryl methyl sites for hydroxylation is 1. The summed E-state index contributed by atoms with van der Waals surface area (Å²) in [6.07, 6.45) is 3.04. The fourth-order valence-corrected chi connectivity index (χ4v) is 1.39. The molecule has 0 radical (unpaired) electrons. The van der Waals surface area contributed by atoms with Crippen LogP contribution in [0.2, 0.25) is 0 Å². The van der Waals surface area contributed by atoms with E-state index in [9.17, 15) is 0 Å². The van der Waals surface area contributed by atoms with E-state index in [1.165, 1.54) is 0 Å². The highest BCUT2D eigenvalue weighted by atomic mass is 16.5. The molecule has 0 saturated heterocycles. The minimum atomic E-state index is 0.521. The Morgan fingerprint density at radius 1 is 1.17 bits per heavy atom. The van der Waals surface area contributed by atoms with E-state index in [0.29, 0.717) is 19.1 Å². The van der Waals surface area contributed by atoms with Crippen molar-refractivity contribution in [2.24, 2.45) is 0 Å². The van der Waals surface area contributed by atoms with Crippen LogP contribution < -0.4 is 10.1 Å². The summed E-state index contributed by atoms with van der Waals surface area (Å²) in [6.45, 7) is 6.08. The van der Waals surface area contributed by atoms with Crippen molar-refractivity contribution in [2.45, 2.75) is 33.1 Å². The quantitative estimate of drug-likeness (QED) is 0.684. The van der Waals surface area contributed by atoms with Crippen LogP contribution in [-0.2, 0) is 11.2 Å². The molecular formula is C13H23N3O2. The number of ether oxygens (including phenoxy) is 2. The minimum absolute atomic E-state index is 0.521. The molecule has 1 aromatic rings. The maximum absolute atomic E-state index is 5.56. The summed E-state index contributed by atoms with van der Waals surface area (Å²) in [5.41, 5.74) is 0. The number of hydrogen-bond acceptors (Lipinski definition) is 5. The van der Waals surface area contributed by atoms with Gasteiger partial charge in [0.25, 0.3) is 0 Å². The summed E-state index contributed by atoms with van der Waals surface area (Å²) in [6, 6.07) is 1.80. The Kier molecular flexibility index (Phi) is 7.10. The molecule has 0 unspecified atom stereocenters. The predicted octanol–water partition coefficient (Wildman–Crippen LogP) is 2.28. The smallest absolute Gasteiger partial charge is 0.218 e. The van der Waals surface area contributed by atoms with Crippen LogP contribution in [0.4, 0.5) is 5.82 Å². The average Bonchev–Trinajstić information content (AvgIpc) is 2.42. The minimum Gasteiger partial charge on any atom is -0.475 e. The largest absolute Gasteiger partial charge is 0.475 e. The third-order valence-electron chi connectivity index (χ3n) is 2.44. The highest BCUT2D eigenvalue weighted by Crippen LogP contribution is 2.13. The van der Waals surface area contributed by atoms with Crippen LogP contribution in [0.5, 0.6) is 5.88 Å². The molecule has 0 aliphatic carbocycles. The Morgan fingerprint density at radius 3 is 2.67 bits per heavy atom. The highest BCUT2D eigenvalue weighted by Gasteiger charge is 2.03. The van der Waals surface area contributed by atoms with Gasteiger partial charge in [0.2, 0.25) is 5.88 Å². The fraction of sp³-hybridized carbons (Fsp3) is 0.692. The zero-order valence-electron chi connectivity index (χ0n) is 11.5. The normalized spacial score (nSPS) is 10.4. The number of nitrogens with one attached hydrogen (secondary N) is 1. The molecule has 0 spiro atoms. The third kappa shape index (κ3) is 5.31. The Bertz CT molecular complexity index is 323. The average molecular weight is 253 g/mol. The van der Waals surface area contributed by atoms with E-state index >= 15 is 0 Å². The van der Waals surface area contributed by atoms with E-state index in [2.05, 4.69) is 22.2 Å². The number of unbranched alkanes of at least 4 members (excludes halogenated alkanes) is 1. The second kappa shape index (κ2) is 8.69. The molecule has 0 bridgehead atoms. The van der Waals surface area contributed by atoms with Crippen molar-refractivity contribution < 1.29 is 9.47 Å². The van der Waals surface area contributed by atoms with E-state index < -0.39 is 0 Å². The van der Waals surface area contributed by atoms with Gasteiger partial charge in [0.15, 0.2) is 0 Å². The number of nitrogens with zero attached hydrogens (tertiary/aromatic N) is 2. The molecule has 5 heteroatoms. The van der Waals surface area contributed by atoms with Crippen molar-refractivity contribution in [2.75, 3.05) is 32.2 Å². The van der Waals surface area contributed by atoms with Crippen LogP contribution in [-0.4, -0.2) is 36.8 Å². The lowest BCUT2D eigenvalue weighted by atomic mass is 10.4. The first-order valence-corrected chi connectivity index (χ1v) is 6.56. The van der Waals surface area contributed by atoms with E-state index in [1.807, 2.05) is 14.0 Å². The van der Waals surface area contributed by atoms with Gasteiger partial charge < -0.3 is 14.8 Å². The topological polar surface area (TPSA) is 56.3 Å². The van der Waals surface area contributed by atoms with E-state index in [0.717, 1.165) is 37.5 Å². The Balaban J connectivity index is 2.36. The fourth-order valence-electron chi connectivity index (χ4n) is 1.39. The lowest BCUT2D eigenvalue weighted by Gasteiger charge is -2.09. The van der Waals surface area contributed by atoms with Gasteiger partial charge in [0, 0.05) is 26.1 Å². The van der Waals surface area contributed by atoms with Crippen molar-refractivity contribution in [1.82, 2.24) is 9.97 Å². The molecule has 1 N–H and O–H groups in total. The standard InChI is InChI=1S/C13H23N3O2/c1-4-6-7-17-8-9-18-13-10-12(14-3)15-11(5-2)16-13/h10H,4-9H2,1-3H3,(H,14,15,16). The second-order valence-electron chi connectivity index (χ2n) is 3.93. The predicted molar refractivity (Wildman–Crippen MR) is 72.2 cm³/mol. The SMILES string of the molecule is CCCCOCCOc1cc(NC)nc(CC)n1. The summed E-state index contributed by atoms with van der Waals surface area (Å²) in [4.78, 5) is 8.61. The van der Waals surface area contributed by atoms with E-state index in [-0.39, 0.29) is 0 Å². The molecule has 102 valence electrons. The molecule has 0 saturated carbocycles. The molecule has 5 nitrogen and oxygen atoms in total. The molecule has 0 fully saturated rings. The summed E-state index contributed by atoms with van der Waals surface area (Å²) in [5.74, 6) is 2.16. The summed E-state index contributed by atoms with van der Waals surface area (Å²) >= 11 is 0. The van der Waals surface area contributed by atoms with Gasteiger partial charge in [0.05, 0.1) is 6.61 Å². The van der Waals surface area contributed by atoms with Crippen LogP contribution in [0.15, 0.2) is 6.07 Å². The highest BCUT2D eigenvalue weighted by molar-refractivity contribution is 5.37. The Labute approximate surface area is 109 Å². The molecule has 1 rings (SSSR count). The molecule has 1 aromatic heterocycles. The van der Waals surface area contributed by atoms with Crippen molar-refractivity contribution >= 4 is 5.82 Å². The van der Waals surface area contributed by atoms with Gasteiger partial charge in [0.1, 0.15) is 18.2 Å². The molecule has 0 aliphatic heterocycles. The van der Waals surface area contributed by atoms with Gasteiger partial charge in [-0.1, -0.05) is 20.3 Å². The monoisotopic (exact) mass is 253 g/mol. The first-order chi connectivity index (χ1) is 8.80. The van der Waals surface area contributed by atoms with Gasteiger partial charge in [-0.05, 0) is 6.42 Å². The van der Waals surface area contributed by atoms with Crippen molar-refractivity contribution in [3.8, 4) is 5.88 Å². The van der Waals surface area contributed by atoms with Crippen LogP contribution in [0, 0.1) is 0 Å². The van der Waals surface area contributed by atoms with Gasteiger partial charge in [-0.25, -0.2) is 4.98 Å². The first-order valence-electron chi connectivity index (χ1n) is 6.56. The maximum Gasteiger partial charge on any atom is 0.218 e. The zero-order valence-corrected chi connectivity index (χ0v) is 11.5. The van der Waals surface area contributed by atoms with E-state index in [1.54, 1.807) is 6.07 Å². The van der Waals surface area contributed by atoms with Gasteiger partial charge in [-0.3, -0.25) is 0 Å². The molecule has 0 amide bonds. The maximum atomic E-state index is 5.56. The molecule has 0 atom stereocenters. The van der Waals surface area contributed by atoms with Crippen LogP contribution in [0.3, 0.4) is 0 Å². The Hall–Kier alpha value is -1.36. The Morgan fingerprint density at radius 2 is 2.00 bits per heavy atom. The van der Waals surface area contributed by atoms with Crippen molar-refractivity contribution in [1.29, 1.82) is 0 Å². The first kappa shape index (κ1) is 14.7.